The van der Waals surface area contributed by atoms with E-state index in [4.69, 9.17) is 12.2 Å². The van der Waals surface area contributed by atoms with Crippen LogP contribution in [0.4, 0.5) is 5.69 Å². The Labute approximate surface area is 190 Å². The largest absolute Gasteiger partial charge is 0.480 e. The van der Waals surface area contributed by atoms with Crippen LogP contribution in [0.15, 0.2) is 66.4 Å². The summed E-state index contributed by atoms with van der Waals surface area (Å²) in [5, 5.41) is 10.2. The van der Waals surface area contributed by atoms with E-state index < -0.39 is 17.8 Å². The third-order valence-electron chi connectivity index (χ3n) is 5.22. The number of carboxylic acid groups (broad SMARTS) is 1. The number of carbonyl (C=O) groups is 3. The number of rotatable bonds is 6. The predicted molar refractivity (Wildman–Crippen MR) is 126 cm³/mol. The van der Waals surface area contributed by atoms with Gasteiger partial charge in [0.2, 0.25) is 0 Å². The van der Waals surface area contributed by atoms with Crippen molar-refractivity contribution in [1.82, 2.24) is 9.47 Å². The van der Waals surface area contributed by atoms with Crippen molar-refractivity contribution in [2.75, 3.05) is 11.4 Å². The number of aromatic nitrogens is 1. The number of para-hydroxylation sites is 2. The molecule has 2 aromatic carbocycles. The molecular weight excluding hydrogens is 426 g/mol. The van der Waals surface area contributed by atoms with Crippen LogP contribution in [0, 0.1) is 0 Å². The normalized spacial score (nSPS) is 15.8. The molecule has 8 heteroatoms. The number of nitrogens with zero attached hydrogens (tertiary/aromatic N) is 3. The highest BCUT2D eigenvalue weighted by molar-refractivity contribution is 7.80. The summed E-state index contributed by atoms with van der Waals surface area (Å²) in [6.45, 7) is 2.09. The quantitative estimate of drug-likeness (QED) is 0.354. The van der Waals surface area contributed by atoms with Crippen LogP contribution in [0.3, 0.4) is 0 Å². The van der Waals surface area contributed by atoms with Gasteiger partial charge in [-0.05, 0) is 42.9 Å². The third-order valence-corrected chi connectivity index (χ3v) is 5.62. The van der Waals surface area contributed by atoms with Gasteiger partial charge in [-0.25, -0.2) is 0 Å². The van der Waals surface area contributed by atoms with Gasteiger partial charge in [0.1, 0.15) is 12.1 Å². The summed E-state index contributed by atoms with van der Waals surface area (Å²) < 4.78 is 1.59. The van der Waals surface area contributed by atoms with Crippen LogP contribution >= 0.6 is 12.2 Å². The van der Waals surface area contributed by atoms with Gasteiger partial charge in [0, 0.05) is 29.2 Å². The van der Waals surface area contributed by atoms with Gasteiger partial charge < -0.3 is 9.67 Å². The molecule has 0 saturated carbocycles. The topological polar surface area (TPSA) is 82.9 Å². The summed E-state index contributed by atoms with van der Waals surface area (Å²) in [7, 11) is 0. The lowest BCUT2D eigenvalue weighted by Gasteiger charge is -2.36. The molecule has 0 atom stereocenters. The predicted octanol–water partition coefficient (Wildman–Crippen LogP) is 3.68. The lowest BCUT2D eigenvalue weighted by atomic mass is 10.0. The van der Waals surface area contributed by atoms with E-state index in [2.05, 4.69) is 0 Å². The second kappa shape index (κ2) is 8.76. The number of carbonyl (C=O) groups excluding carboxylic acids is 2. The fraction of sp³-hybridized carbons (Fsp3) is 0.167. The second-order valence-corrected chi connectivity index (χ2v) is 7.76. The molecule has 2 amide bonds. The number of anilines is 1. The zero-order valence-electron chi connectivity index (χ0n) is 17.4. The molecule has 0 unspecified atom stereocenters. The van der Waals surface area contributed by atoms with Gasteiger partial charge in [-0.15, -0.1) is 0 Å². The van der Waals surface area contributed by atoms with E-state index >= 15 is 0 Å². The number of benzene rings is 2. The molecule has 0 aliphatic carbocycles. The van der Waals surface area contributed by atoms with Crippen molar-refractivity contribution < 1.29 is 19.5 Å². The maximum Gasteiger partial charge on any atom is 0.323 e. The van der Waals surface area contributed by atoms with Crippen LogP contribution in [-0.4, -0.2) is 44.0 Å². The minimum Gasteiger partial charge on any atom is -0.480 e. The Hall–Kier alpha value is -3.78. The lowest BCUT2D eigenvalue weighted by Crippen LogP contribution is -2.56. The molecule has 0 bridgehead atoms. The number of hydrogen-bond acceptors (Lipinski definition) is 4. The zero-order chi connectivity index (χ0) is 22.8. The Morgan fingerprint density at radius 1 is 1.03 bits per heavy atom. The van der Waals surface area contributed by atoms with Crippen LogP contribution in [-0.2, 0) is 20.9 Å². The number of thiocarbonyl (C=S) groups is 1. The first kappa shape index (κ1) is 21.5. The van der Waals surface area contributed by atoms with Gasteiger partial charge in [0.15, 0.2) is 5.11 Å². The number of aliphatic carboxylic acids is 1. The fourth-order valence-corrected chi connectivity index (χ4v) is 4.19. The van der Waals surface area contributed by atoms with E-state index in [-0.39, 0.29) is 17.2 Å². The number of carboxylic acids is 1. The summed E-state index contributed by atoms with van der Waals surface area (Å²) in [5.74, 6) is -1.94. The highest BCUT2D eigenvalue weighted by Gasteiger charge is 2.40. The molecule has 4 rings (SSSR count). The molecule has 7 nitrogen and oxygen atoms in total. The summed E-state index contributed by atoms with van der Waals surface area (Å²) in [5.41, 5.74) is 1.86. The van der Waals surface area contributed by atoms with Gasteiger partial charge in [-0.1, -0.05) is 43.3 Å². The fourth-order valence-electron chi connectivity index (χ4n) is 3.82. The van der Waals surface area contributed by atoms with Crippen molar-refractivity contribution in [3.8, 4) is 0 Å². The average Bonchev–Trinajstić information content (AvgIpc) is 3.12. The van der Waals surface area contributed by atoms with Crippen LogP contribution < -0.4 is 4.90 Å². The molecule has 0 radical (unpaired) electrons. The van der Waals surface area contributed by atoms with E-state index in [0.29, 0.717) is 29.7 Å². The van der Waals surface area contributed by atoms with E-state index in [0.717, 1.165) is 5.39 Å². The minimum absolute atomic E-state index is 0.0193. The summed E-state index contributed by atoms with van der Waals surface area (Å²) in [6.07, 6.45) is 3.86. The molecule has 1 aromatic heterocycles. The third kappa shape index (κ3) is 3.80. The highest BCUT2D eigenvalue weighted by Crippen LogP contribution is 2.29. The lowest BCUT2D eigenvalue weighted by molar-refractivity contribution is -0.137. The molecule has 32 heavy (non-hydrogen) atoms. The van der Waals surface area contributed by atoms with Crippen LogP contribution in [0.2, 0.25) is 0 Å². The molecule has 0 spiro atoms. The van der Waals surface area contributed by atoms with E-state index in [9.17, 15) is 19.5 Å². The number of fused-ring (bicyclic) bond motifs is 1. The molecule has 162 valence electrons. The van der Waals surface area contributed by atoms with Crippen molar-refractivity contribution in [2.45, 2.75) is 19.9 Å². The van der Waals surface area contributed by atoms with Gasteiger partial charge in [0.25, 0.3) is 11.8 Å². The van der Waals surface area contributed by atoms with Gasteiger partial charge in [-0.3, -0.25) is 24.2 Å². The van der Waals surface area contributed by atoms with Crippen LogP contribution in [0.25, 0.3) is 17.0 Å². The molecular formula is C24H21N3O4S. The number of amides is 2. The van der Waals surface area contributed by atoms with Crippen molar-refractivity contribution in [1.29, 1.82) is 0 Å². The van der Waals surface area contributed by atoms with Crippen LogP contribution in [0.5, 0.6) is 0 Å². The first-order chi connectivity index (χ1) is 15.4. The van der Waals surface area contributed by atoms with Crippen LogP contribution in [0.1, 0.15) is 18.9 Å². The standard InChI is InChI=1S/C24H21N3O4S/c1-2-12-26-22(30)19(23(31)27(24(26)32)17-8-4-3-5-9-17)13-16-14-25(15-21(28)29)20-11-7-6-10-18(16)20/h3-11,13-14H,2,12,15H2,1H3,(H,28,29). The molecule has 1 saturated heterocycles. The SMILES string of the molecule is CCCN1C(=O)C(=Cc2cn(CC(=O)O)c3ccccc23)C(=O)N(c2ccccc2)C1=S. The molecule has 1 fully saturated rings. The summed E-state index contributed by atoms with van der Waals surface area (Å²) >= 11 is 5.51. The van der Waals surface area contributed by atoms with E-state index in [1.54, 1.807) is 41.1 Å². The summed E-state index contributed by atoms with van der Waals surface area (Å²) in [6, 6.07) is 16.2. The van der Waals surface area contributed by atoms with E-state index in [1.807, 2.05) is 31.2 Å². The zero-order valence-corrected chi connectivity index (χ0v) is 18.2. The van der Waals surface area contributed by atoms with Gasteiger partial charge in [-0.2, -0.15) is 0 Å². The Morgan fingerprint density at radius 3 is 2.41 bits per heavy atom. The molecule has 1 aliphatic rings. The minimum atomic E-state index is -0.982. The molecule has 1 N–H and O–H groups in total. The average molecular weight is 448 g/mol. The molecule has 2 heterocycles. The molecule has 1 aliphatic heterocycles. The molecule has 3 aromatic rings. The van der Waals surface area contributed by atoms with Crippen molar-refractivity contribution >= 4 is 57.8 Å². The Balaban J connectivity index is 1.86. The van der Waals surface area contributed by atoms with Gasteiger partial charge in [0.05, 0.1) is 5.69 Å². The van der Waals surface area contributed by atoms with Crippen molar-refractivity contribution in [3.05, 3.63) is 71.9 Å². The van der Waals surface area contributed by atoms with Crippen molar-refractivity contribution in [3.63, 3.8) is 0 Å². The van der Waals surface area contributed by atoms with E-state index in [1.165, 1.54) is 15.9 Å². The Bertz CT molecular complexity index is 1260. The van der Waals surface area contributed by atoms with Gasteiger partial charge >= 0.3 is 5.97 Å². The Kier molecular flexibility index (Phi) is 5.87. The Morgan fingerprint density at radius 2 is 1.72 bits per heavy atom. The van der Waals surface area contributed by atoms with Crippen molar-refractivity contribution in [2.24, 2.45) is 0 Å². The second-order valence-electron chi connectivity index (χ2n) is 7.40. The first-order valence-corrected chi connectivity index (χ1v) is 10.6. The maximum atomic E-state index is 13.4. The smallest absolute Gasteiger partial charge is 0.323 e. The monoisotopic (exact) mass is 447 g/mol. The number of hydrogen-bond donors (Lipinski definition) is 1. The first-order valence-electron chi connectivity index (χ1n) is 10.2. The maximum absolute atomic E-state index is 13.4. The summed E-state index contributed by atoms with van der Waals surface area (Å²) in [4.78, 5) is 40.8. The highest BCUT2D eigenvalue weighted by atomic mass is 32.1.